The smallest absolute Gasteiger partial charge is 0.337 e. The summed E-state index contributed by atoms with van der Waals surface area (Å²) < 4.78 is 6.96. The minimum absolute atomic E-state index is 0.306. The van der Waals surface area contributed by atoms with E-state index in [9.17, 15) is 4.79 Å². The van der Waals surface area contributed by atoms with E-state index >= 15 is 0 Å². The first-order valence-corrected chi connectivity index (χ1v) is 8.15. The maximum absolute atomic E-state index is 11.6. The number of carbonyl (C=O) groups is 1. The van der Waals surface area contributed by atoms with Crippen LogP contribution in [0, 0.1) is 0 Å². The minimum Gasteiger partial charge on any atom is -0.465 e. The lowest BCUT2D eigenvalue weighted by Crippen LogP contribution is -2.02. The molecule has 0 bridgehead atoms. The van der Waals surface area contributed by atoms with E-state index in [0.717, 1.165) is 22.8 Å². The Labute approximate surface area is 137 Å². The number of hydrogen-bond donors (Lipinski definition) is 0. The molecule has 0 unspecified atom stereocenters. The lowest BCUT2D eigenvalue weighted by atomic mass is 10.1. The van der Waals surface area contributed by atoms with Gasteiger partial charge in [0.25, 0.3) is 0 Å². The predicted octanol–water partition coefficient (Wildman–Crippen LogP) is 4.37. The van der Waals surface area contributed by atoms with Crippen LogP contribution >= 0.6 is 15.9 Å². The van der Waals surface area contributed by atoms with Crippen LogP contribution in [0.4, 0.5) is 0 Å². The average molecular weight is 358 g/mol. The van der Waals surface area contributed by atoms with Gasteiger partial charge in [-0.05, 0) is 35.4 Å². The van der Waals surface area contributed by atoms with Gasteiger partial charge in [-0.25, -0.2) is 4.79 Å². The fraction of sp³-hybridized carbons (Fsp3) is 0.167. The summed E-state index contributed by atoms with van der Waals surface area (Å²) in [6.45, 7) is 0.808. The summed E-state index contributed by atoms with van der Waals surface area (Å²) in [5.74, 6) is -0.306. The highest BCUT2D eigenvalue weighted by atomic mass is 79.9. The Bertz CT molecular complexity index is 823. The van der Waals surface area contributed by atoms with Crippen LogP contribution in [-0.2, 0) is 16.6 Å². The van der Waals surface area contributed by atoms with Crippen molar-refractivity contribution < 1.29 is 9.53 Å². The first-order chi connectivity index (χ1) is 10.7. The molecular weight excluding hydrogens is 342 g/mol. The molecule has 0 fully saturated rings. The van der Waals surface area contributed by atoms with Gasteiger partial charge >= 0.3 is 5.97 Å². The third kappa shape index (κ3) is 2.79. The molecule has 1 aromatic heterocycles. The second-order valence-corrected chi connectivity index (χ2v) is 5.67. The van der Waals surface area contributed by atoms with Crippen LogP contribution in [0.2, 0.25) is 0 Å². The van der Waals surface area contributed by atoms with Crippen molar-refractivity contribution in [2.75, 3.05) is 7.11 Å². The van der Waals surface area contributed by atoms with Crippen molar-refractivity contribution in [3.05, 3.63) is 71.4 Å². The number of methoxy groups -OCH3 is 1. The van der Waals surface area contributed by atoms with Gasteiger partial charge in [-0.3, -0.25) is 0 Å². The molecule has 0 aliphatic rings. The van der Waals surface area contributed by atoms with Gasteiger partial charge in [0.05, 0.1) is 12.7 Å². The second-order valence-electron chi connectivity index (χ2n) is 5.11. The topological polar surface area (TPSA) is 31.2 Å². The van der Waals surface area contributed by atoms with Crippen molar-refractivity contribution in [2.45, 2.75) is 11.9 Å². The zero-order valence-electron chi connectivity index (χ0n) is 12.3. The van der Waals surface area contributed by atoms with Crippen LogP contribution < -0.4 is 0 Å². The summed E-state index contributed by atoms with van der Waals surface area (Å²) in [6, 6.07) is 16.1. The van der Waals surface area contributed by atoms with E-state index in [1.165, 1.54) is 18.2 Å². The Morgan fingerprint density at radius 2 is 1.91 bits per heavy atom. The van der Waals surface area contributed by atoms with E-state index in [0.29, 0.717) is 5.56 Å². The molecule has 112 valence electrons. The van der Waals surface area contributed by atoms with Crippen LogP contribution in [0.3, 0.4) is 0 Å². The van der Waals surface area contributed by atoms with E-state index in [1.54, 1.807) is 6.07 Å². The number of nitrogens with zero attached hydrogens (tertiary/aromatic N) is 1. The van der Waals surface area contributed by atoms with Gasteiger partial charge in [-0.15, -0.1) is 0 Å². The van der Waals surface area contributed by atoms with Crippen LogP contribution in [-0.4, -0.2) is 17.6 Å². The lowest BCUT2D eigenvalue weighted by molar-refractivity contribution is 0.0601. The largest absolute Gasteiger partial charge is 0.465 e. The van der Waals surface area contributed by atoms with E-state index in [1.807, 2.05) is 18.2 Å². The molecule has 0 amide bonds. The van der Waals surface area contributed by atoms with E-state index in [4.69, 9.17) is 4.74 Å². The first-order valence-electron chi connectivity index (χ1n) is 7.03. The summed E-state index contributed by atoms with van der Waals surface area (Å²) >= 11 is 3.53. The number of benzene rings is 2. The van der Waals surface area contributed by atoms with Crippen molar-refractivity contribution in [3.63, 3.8) is 0 Å². The number of aromatic nitrogens is 1. The van der Waals surface area contributed by atoms with Gasteiger partial charge in [0, 0.05) is 29.0 Å². The first kappa shape index (κ1) is 14.9. The second kappa shape index (κ2) is 6.36. The number of carbonyl (C=O) groups excluding carboxylic acids is 1. The van der Waals surface area contributed by atoms with Crippen molar-refractivity contribution in [2.24, 2.45) is 0 Å². The van der Waals surface area contributed by atoms with E-state index < -0.39 is 0 Å². The van der Waals surface area contributed by atoms with Crippen molar-refractivity contribution in [1.82, 2.24) is 4.57 Å². The van der Waals surface area contributed by atoms with Gasteiger partial charge in [-0.2, -0.15) is 0 Å². The molecule has 3 aromatic rings. The Morgan fingerprint density at radius 3 is 2.64 bits per heavy atom. The molecule has 2 aromatic carbocycles. The monoisotopic (exact) mass is 357 g/mol. The molecule has 1 heterocycles. The average Bonchev–Trinajstić information content (AvgIpc) is 2.97. The number of halogens is 1. The summed E-state index contributed by atoms with van der Waals surface area (Å²) in [5.41, 5.74) is 4.26. The van der Waals surface area contributed by atoms with Gasteiger partial charge < -0.3 is 9.30 Å². The normalized spacial score (nSPS) is 10.8. The number of hydrogen-bond acceptors (Lipinski definition) is 2. The maximum atomic E-state index is 11.6. The summed E-state index contributed by atoms with van der Waals surface area (Å²) in [7, 11) is 1.40. The molecule has 0 spiro atoms. The van der Waals surface area contributed by atoms with Crippen LogP contribution in [0.5, 0.6) is 0 Å². The number of ether oxygens (including phenoxy) is 1. The molecule has 0 aliphatic heterocycles. The van der Waals surface area contributed by atoms with Gasteiger partial charge in [0.1, 0.15) is 0 Å². The van der Waals surface area contributed by atoms with Crippen LogP contribution in [0.15, 0.2) is 54.7 Å². The predicted molar refractivity (Wildman–Crippen MR) is 91.5 cm³/mol. The summed E-state index contributed by atoms with van der Waals surface area (Å²) in [6.07, 6.45) is 2.05. The summed E-state index contributed by atoms with van der Waals surface area (Å²) in [4.78, 5) is 11.6. The lowest BCUT2D eigenvalue weighted by Gasteiger charge is -2.10. The molecule has 3 nitrogen and oxygen atoms in total. The van der Waals surface area contributed by atoms with Crippen molar-refractivity contribution >= 4 is 32.8 Å². The zero-order chi connectivity index (χ0) is 15.5. The molecular formula is C18H16BrNO2. The number of alkyl halides is 1. The number of fused-ring (bicyclic) bond motifs is 1. The van der Waals surface area contributed by atoms with Crippen molar-refractivity contribution in [3.8, 4) is 0 Å². The van der Waals surface area contributed by atoms with Gasteiger partial charge in [0.2, 0.25) is 0 Å². The maximum Gasteiger partial charge on any atom is 0.337 e. The molecule has 0 aliphatic carbocycles. The van der Waals surface area contributed by atoms with Crippen molar-refractivity contribution in [1.29, 1.82) is 0 Å². The number of esters is 1. The minimum atomic E-state index is -0.306. The van der Waals surface area contributed by atoms with E-state index in [-0.39, 0.29) is 5.97 Å². The molecule has 0 N–H and O–H groups in total. The third-order valence-corrected chi connectivity index (χ3v) is 4.40. The summed E-state index contributed by atoms with van der Waals surface area (Å²) in [5, 5.41) is 1.88. The zero-order valence-corrected chi connectivity index (χ0v) is 13.8. The van der Waals surface area contributed by atoms with E-state index in [2.05, 4.69) is 51.0 Å². The van der Waals surface area contributed by atoms with Crippen LogP contribution in [0.25, 0.3) is 10.9 Å². The Balaban J connectivity index is 1.97. The van der Waals surface area contributed by atoms with Gasteiger partial charge in [0.15, 0.2) is 0 Å². The fourth-order valence-electron chi connectivity index (χ4n) is 2.61. The number of rotatable bonds is 4. The highest BCUT2D eigenvalue weighted by Gasteiger charge is 2.09. The Morgan fingerprint density at radius 1 is 1.14 bits per heavy atom. The standard InChI is InChI=1S/C18H16BrNO2/c1-22-18(21)14-6-7-17-13(10-14)8-9-20(17)12-16-5-3-2-4-15(16)11-19/h2-10H,11-12H2,1H3. The highest BCUT2D eigenvalue weighted by Crippen LogP contribution is 2.21. The van der Waals surface area contributed by atoms with Gasteiger partial charge in [-0.1, -0.05) is 40.2 Å². The SMILES string of the molecule is COC(=O)c1ccc2c(ccn2Cc2ccccc2CBr)c1. The quantitative estimate of drug-likeness (QED) is 0.512. The molecule has 0 saturated carbocycles. The Kier molecular flexibility index (Phi) is 4.29. The Hall–Kier alpha value is -2.07. The molecule has 0 atom stereocenters. The molecule has 0 radical (unpaired) electrons. The third-order valence-electron chi connectivity index (χ3n) is 3.80. The molecule has 3 rings (SSSR count). The fourth-order valence-corrected chi connectivity index (χ4v) is 3.16. The molecule has 4 heteroatoms. The molecule has 22 heavy (non-hydrogen) atoms. The molecule has 0 saturated heterocycles. The highest BCUT2D eigenvalue weighted by molar-refractivity contribution is 9.08. The van der Waals surface area contributed by atoms with Crippen LogP contribution in [0.1, 0.15) is 21.5 Å².